The number of carbonyl (C=O) groups is 2. The number of alkyl halides is 3. The van der Waals surface area contributed by atoms with Gasteiger partial charge in [-0.25, -0.2) is 19.7 Å². The van der Waals surface area contributed by atoms with E-state index in [0.29, 0.717) is 29.5 Å². The number of rotatable bonds is 6. The van der Waals surface area contributed by atoms with Crippen molar-refractivity contribution in [3.63, 3.8) is 0 Å². The zero-order valence-electron chi connectivity index (χ0n) is 20.8. The van der Waals surface area contributed by atoms with Crippen molar-refractivity contribution in [1.29, 1.82) is 0 Å². The minimum atomic E-state index is -4.67. The maximum Gasteiger partial charge on any atom is 0.433 e. The van der Waals surface area contributed by atoms with Crippen molar-refractivity contribution < 1.29 is 22.8 Å². The van der Waals surface area contributed by atoms with Gasteiger partial charge in [0.2, 0.25) is 5.91 Å². The number of carbonyl (C=O) groups excluding carboxylic acids is 2. The molecule has 0 saturated heterocycles. The summed E-state index contributed by atoms with van der Waals surface area (Å²) >= 11 is 0. The van der Waals surface area contributed by atoms with Gasteiger partial charge in [-0.3, -0.25) is 28.5 Å². The number of aryl methyl sites for hydroxylation is 1. The third kappa shape index (κ3) is 4.73. The van der Waals surface area contributed by atoms with Crippen LogP contribution < -0.4 is 16.1 Å². The van der Waals surface area contributed by atoms with Gasteiger partial charge in [0, 0.05) is 37.5 Å². The molecule has 1 aliphatic carbocycles. The Kier molecular flexibility index (Phi) is 6.40. The van der Waals surface area contributed by atoms with E-state index in [4.69, 9.17) is 0 Å². The molecule has 4 heterocycles. The first kappa shape index (κ1) is 26.0. The van der Waals surface area contributed by atoms with Crippen molar-refractivity contribution >= 4 is 28.8 Å². The van der Waals surface area contributed by atoms with Gasteiger partial charge in [0.05, 0.1) is 5.56 Å². The van der Waals surface area contributed by atoms with Crippen LogP contribution in [0.2, 0.25) is 0 Å². The second kappa shape index (κ2) is 9.60. The van der Waals surface area contributed by atoms with Gasteiger partial charge in [-0.15, -0.1) is 0 Å². The summed E-state index contributed by atoms with van der Waals surface area (Å²) in [5.74, 6) is -1.44. The number of imidazole rings is 1. The zero-order chi connectivity index (χ0) is 28.1. The molecule has 0 spiro atoms. The fraction of sp³-hybridized carbons (Fsp3) is 0.320. The Morgan fingerprint density at radius 1 is 1.10 bits per heavy atom. The smallest absolute Gasteiger partial charge is 0.332 e. The summed E-state index contributed by atoms with van der Waals surface area (Å²) in [5.41, 5.74) is -1.45. The molecule has 5 rings (SSSR count). The van der Waals surface area contributed by atoms with Gasteiger partial charge in [0.25, 0.3) is 11.5 Å². The first-order valence-electron chi connectivity index (χ1n) is 12.1. The number of imide groups is 1. The summed E-state index contributed by atoms with van der Waals surface area (Å²) in [4.78, 5) is 66.9. The highest BCUT2D eigenvalue weighted by Crippen LogP contribution is 2.32. The maximum absolute atomic E-state index is 13.0. The number of aromatic amines is 1. The van der Waals surface area contributed by atoms with E-state index in [1.807, 2.05) is 6.92 Å². The third-order valence-corrected chi connectivity index (χ3v) is 6.24. The predicted molar refractivity (Wildman–Crippen MR) is 133 cm³/mol. The number of hydrogen-bond donors (Lipinski definition) is 1. The van der Waals surface area contributed by atoms with Crippen LogP contribution in [-0.4, -0.2) is 40.9 Å². The van der Waals surface area contributed by atoms with Gasteiger partial charge in [0.1, 0.15) is 22.9 Å². The average Bonchev–Trinajstić information content (AvgIpc) is 3.63. The van der Waals surface area contributed by atoms with Crippen LogP contribution in [0.15, 0.2) is 46.2 Å². The quantitative estimate of drug-likeness (QED) is 0.396. The normalized spacial score (nSPS) is 13.6. The summed E-state index contributed by atoms with van der Waals surface area (Å²) in [6, 6.07) is 4.33. The summed E-state index contributed by atoms with van der Waals surface area (Å²) in [6.45, 7) is 3.39. The maximum atomic E-state index is 13.0. The van der Waals surface area contributed by atoms with E-state index < -0.39 is 34.9 Å². The molecular weight excluding hydrogens is 519 g/mol. The van der Waals surface area contributed by atoms with Crippen molar-refractivity contribution in [2.75, 3.05) is 4.90 Å². The highest BCUT2D eigenvalue weighted by Gasteiger charge is 2.33. The molecule has 0 aromatic carbocycles. The molecular formula is C25H22F3N7O4. The molecule has 11 nitrogen and oxygen atoms in total. The number of anilines is 1. The Bertz CT molecular complexity index is 1700. The van der Waals surface area contributed by atoms with Gasteiger partial charge in [-0.2, -0.15) is 13.2 Å². The van der Waals surface area contributed by atoms with Gasteiger partial charge in [0.15, 0.2) is 5.65 Å². The second-order valence-corrected chi connectivity index (χ2v) is 9.12. The average molecular weight is 541 g/mol. The molecule has 1 N–H and O–H groups in total. The zero-order valence-corrected chi connectivity index (χ0v) is 20.8. The number of amides is 2. The Hall–Kier alpha value is -4.62. The number of fused-ring (bicyclic) bond motifs is 1. The molecule has 0 aliphatic heterocycles. The summed E-state index contributed by atoms with van der Waals surface area (Å²) in [5, 5.41) is 0. The monoisotopic (exact) mass is 541 g/mol. The number of aromatic nitrogens is 6. The van der Waals surface area contributed by atoms with E-state index >= 15 is 0 Å². The van der Waals surface area contributed by atoms with Crippen LogP contribution in [0.4, 0.5) is 19.0 Å². The van der Waals surface area contributed by atoms with Crippen molar-refractivity contribution in [1.82, 2.24) is 29.1 Å². The van der Waals surface area contributed by atoms with E-state index in [1.54, 1.807) is 0 Å². The van der Waals surface area contributed by atoms with Crippen LogP contribution in [0.1, 0.15) is 55.2 Å². The largest absolute Gasteiger partial charge is 0.433 e. The van der Waals surface area contributed by atoms with Crippen LogP contribution in [-0.2, 0) is 17.5 Å². The van der Waals surface area contributed by atoms with Crippen molar-refractivity contribution in [3.8, 4) is 11.4 Å². The number of nitrogens with zero attached hydrogens (tertiary/aromatic N) is 6. The Balaban J connectivity index is 1.49. The summed E-state index contributed by atoms with van der Waals surface area (Å²) in [6.07, 6.45) is -0.442. The molecule has 4 aromatic rings. The Morgan fingerprint density at radius 3 is 2.38 bits per heavy atom. The first-order chi connectivity index (χ1) is 18.5. The summed E-state index contributed by atoms with van der Waals surface area (Å²) in [7, 11) is 0. The van der Waals surface area contributed by atoms with Crippen molar-refractivity contribution in [2.24, 2.45) is 0 Å². The molecule has 0 radical (unpaired) electrons. The van der Waals surface area contributed by atoms with Crippen LogP contribution in [0.25, 0.3) is 22.6 Å². The molecule has 202 valence electrons. The van der Waals surface area contributed by atoms with Gasteiger partial charge >= 0.3 is 11.9 Å². The lowest BCUT2D eigenvalue weighted by Gasteiger charge is -2.18. The Morgan fingerprint density at radius 2 is 1.85 bits per heavy atom. The lowest BCUT2D eigenvalue weighted by molar-refractivity contribution is -0.141. The fourth-order valence-electron chi connectivity index (χ4n) is 4.24. The van der Waals surface area contributed by atoms with Crippen LogP contribution in [0.5, 0.6) is 0 Å². The molecule has 0 atom stereocenters. The fourth-order valence-corrected chi connectivity index (χ4v) is 4.24. The van der Waals surface area contributed by atoms with E-state index in [1.165, 1.54) is 27.5 Å². The second-order valence-electron chi connectivity index (χ2n) is 9.12. The molecule has 1 aliphatic rings. The highest BCUT2D eigenvalue weighted by molar-refractivity contribution is 6.19. The minimum absolute atomic E-state index is 0.0776. The lowest BCUT2D eigenvalue weighted by Crippen LogP contribution is -2.39. The number of halogens is 3. The number of nitrogens with one attached hydrogen (secondary N) is 1. The topological polar surface area (TPSA) is 136 Å². The highest BCUT2D eigenvalue weighted by atomic mass is 19.4. The van der Waals surface area contributed by atoms with Gasteiger partial charge in [-0.05, 0) is 43.5 Å². The van der Waals surface area contributed by atoms with Gasteiger partial charge in [-0.1, -0.05) is 6.92 Å². The molecule has 2 amide bonds. The van der Waals surface area contributed by atoms with Crippen LogP contribution in [0.3, 0.4) is 0 Å². The molecule has 0 bridgehead atoms. The first-order valence-corrected chi connectivity index (χ1v) is 12.1. The van der Waals surface area contributed by atoms with E-state index in [-0.39, 0.29) is 34.4 Å². The molecule has 0 unspecified atom stereocenters. The lowest BCUT2D eigenvalue weighted by atomic mass is 10.2. The predicted octanol–water partition coefficient (Wildman–Crippen LogP) is 3.30. The number of pyridine rings is 2. The molecule has 4 aromatic heterocycles. The van der Waals surface area contributed by atoms with Crippen LogP contribution in [0, 0.1) is 0 Å². The molecule has 1 fully saturated rings. The van der Waals surface area contributed by atoms with Crippen LogP contribution >= 0.6 is 0 Å². The molecule has 14 heteroatoms. The molecule has 39 heavy (non-hydrogen) atoms. The number of hydrogen-bond acceptors (Lipinski definition) is 7. The standard InChI is InChI=1S/C25H22F3N7O4/c1-3-10-33-21-19(23(38)35(24(33)39)16-6-7-16)31-20(32-21)14-5-9-18(30-11-14)34(13(2)36)22(37)15-4-8-17(29-12-15)25(26,27)28/h4-5,8-9,11-12,16H,3,6-7,10H2,1-2H3,(H,31,32). The summed E-state index contributed by atoms with van der Waals surface area (Å²) < 4.78 is 41.2. The SMILES string of the molecule is CCCn1c(=O)n(C2CC2)c(=O)c2[nH]c(-c3ccc(N(C(C)=O)C(=O)c4ccc(C(F)(F)F)nc4)nc3)nc21. The van der Waals surface area contributed by atoms with E-state index in [2.05, 4.69) is 19.9 Å². The van der Waals surface area contributed by atoms with Crippen molar-refractivity contribution in [3.05, 3.63) is 68.8 Å². The number of H-pyrrole nitrogens is 1. The van der Waals surface area contributed by atoms with Gasteiger partial charge < -0.3 is 4.98 Å². The van der Waals surface area contributed by atoms with E-state index in [0.717, 1.165) is 32.0 Å². The third-order valence-electron chi connectivity index (χ3n) is 6.24. The Labute approximate surface area is 218 Å². The minimum Gasteiger partial charge on any atom is -0.332 e. The van der Waals surface area contributed by atoms with Crippen molar-refractivity contribution in [2.45, 2.75) is 51.9 Å². The van der Waals surface area contributed by atoms with E-state index in [9.17, 15) is 32.3 Å². The molecule has 1 saturated carbocycles.